The van der Waals surface area contributed by atoms with Gasteiger partial charge in [-0.25, -0.2) is 4.98 Å². The largest absolute Gasteiger partial charge is 0.326 e. The Hall–Kier alpha value is -1.68. The zero-order chi connectivity index (χ0) is 13.0. The van der Waals surface area contributed by atoms with Crippen LogP contribution in [0, 0.1) is 6.92 Å². The molecule has 1 heterocycles. The summed E-state index contributed by atoms with van der Waals surface area (Å²) in [6.45, 7) is 4.08. The summed E-state index contributed by atoms with van der Waals surface area (Å²) < 4.78 is 0. The average Bonchev–Trinajstić information content (AvgIpc) is 2.79. The third kappa shape index (κ3) is 3.40. The van der Waals surface area contributed by atoms with Crippen LogP contribution in [-0.4, -0.2) is 10.9 Å². The Morgan fingerprint density at radius 1 is 1.33 bits per heavy atom. The molecule has 2 rings (SSSR count). The highest BCUT2D eigenvalue weighted by molar-refractivity contribution is 7.09. The minimum atomic E-state index is -0.0177. The van der Waals surface area contributed by atoms with Gasteiger partial charge in [0.05, 0.1) is 12.1 Å². The molecule has 0 radical (unpaired) electrons. The first kappa shape index (κ1) is 12.8. The number of anilines is 1. The molecule has 2 aromatic rings. The fourth-order valence-electron chi connectivity index (χ4n) is 1.57. The molecule has 0 aliphatic carbocycles. The van der Waals surface area contributed by atoms with Crippen molar-refractivity contribution in [3.8, 4) is 0 Å². The number of carbonyl (C=O) groups excluding carboxylic acids is 1. The van der Waals surface area contributed by atoms with E-state index in [-0.39, 0.29) is 5.91 Å². The van der Waals surface area contributed by atoms with Crippen molar-refractivity contribution in [2.24, 2.45) is 0 Å². The fourth-order valence-corrected chi connectivity index (χ4v) is 2.45. The van der Waals surface area contributed by atoms with Crippen molar-refractivity contribution in [1.82, 2.24) is 4.98 Å². The van der Waals surface area contributed by atoms with Crippen molar-refractivity contribution in [3.63, 3.8) is 0 Å². The number of nitrogens with zero attached hydrogens (tertiary/aromatic N) is 1. The smallest absolute Gasteiger partial charge is 0.231 e. The van der Waals surface area contributed by atoms with E-state index in [9.17, 15) is 4.79 Å². The topological polar surface area (TPSA) is 42.0 Å². The monoisotopic (exact) mass is 260 g/mol. The molecule has 1 aromatic carbocycles. The van der Waals surface area contributed by atoms with E-state index in [1.54, 1.807) is 11.3 Å². The van der Waals surface area contributed by atoms with E-state index >= 15 is 0 Å². The second-order valence-electron chi connectivity index (χ2n) is 4.18. The highest BCUT2D eigenvalue weighted by atomic mass is 32.1. The molecule has 0 atom stereocenters. The van der Waals surface area contributed by atoms with Gasteiger partial charge in [-0.2, -0.15) is 0 Å². The maximum atomic E-state index is 11.8. The van der Waals surface area contributed by atoms with Crippen LogP contribution in [0.3, 0.4) is 0 Å². The number of hydrogen-bond donors (Lipinski definition) is 1. The predicted octanol–water partition coefficient (Wildman–Crippen LogP) is 3.20. The van der Waals surface area contributed by atoms with E-state index in [0.29, 0.717) is 6.42 Å². The minimum absolute atomic E-state index is 0.0177. The minimum Gasteiger partial charge on any atom is -0.326 e. The first-order valence-corrected chi connectivity index (χ1v) is 6.85. The summed E-state index contributed by atoms with van der Waals surface area (Å²) in [5, 5.41) is 5.75. The van der Waals surface area contributed by atoms with Crippen molar-refractivity contribution in [3.05, 3.63) is 45.9 Å². The summed E-state index contributed by atoms with van der Waals surface area (Å²) >= 11 is 1.54. The molecule has 18 heavy (non-hydrogen) atoms. The number of aryl methyl sites for hydroxylation is 2. The van der Waals surface area contributed by atoms with Gasteiger partial charge in [0, 0.05) is 11.1 Å². The molecule has 0 aliphatic rings. The van der Waals surface area contributed by atoms with Crippen LogP contribution in [0.2, 0.25) is 0 Å². The van der Waals surface area contributed by atoms with E-state index < -0.39 is 0 Å². The molecule has 94 valence electrons. The van der Waals surface area contributed by atoms with Gasteiger partial charge in [-0.15, -0.1) is 11.3 Å². The number of hydrogen-bond acceptors (Lipinski definition) is 3. The summed E-state index contributed by atoms with van der Waals surface area (Å²) in [5.41, 5.74) is 3.07. The van der Waals surface area contributed by atoms with Crippen LogP contribution < -0.4 is 5.32 Å². The van der Waals surface area contributed by atoms with Gasteiger partial charge in [0.15, 0.2) is 0 Å². The molecule has 1 N–H and O–H groups in total. The summed E-state index contributed by atoms with van der Waals surface area (Å²) in [6.07, 6.45) is 1.26. The number of aromatic nitrogens is 1. The number of carbonyl (C=O) groups is 1. The lowest BCUT2D eigenvalue weighted by atomic mass is 10.2. The highest BCUT2D eigenvalue weighted by Crippen LogP contribution is 2.13. The molecular formula is C14H16N2OS. The molecule has 0 unspecified atom stereocenters. The Kier molecular flexibility index (Phi) is 4.10. The molecule has 0 bridgehead atoms. The lowest BCUT2D eigenvalue weighted by molar-refractivity contribution is -0.115. The molecule has 0 saturated carbocycles. The quantitative estimate of drug-likeness (QED) is 0.917. The van der Waals surface area contributed by atoms with Gasteiger partial charge in [0.2, 0.25) is 5.91 Å². The van der Waals surface area contributed by atoms with Crippen molar-refractivity contribution in [1.29, 1.82) is 0 Å². The van der Waals surface area contributed by atoms with E-state index in [2.05, 4.69) is 17.2 Å². The maximum absolute atomic E-state index is 11.8. The Bertz CT molecular complexity index is 531. The molecule has 3 nitrogen and oxygen atoms in total. The Morgan fingerprint density at radius 3 is 2.67 bits per heavy atom. The number of rotatable bonds is 4. The summed E-state index contributed by atoms with van der Waals surface area (Å²) in [4.78, 5) is 16.2. The Balaban J connectivity index is 1.94. The first-order valence-electron chi connectivity index (χ1n) is 5.97. The van der Waals surface area contributed by atoms with Gasteiger partial charge in [0.25, 0.3) is 0 Å². The second-order valence-corrected chi connectivity index (χ2v) is 5.12. The van der Waals surface area contributed by atoms with Crippen molar-refractivity contribution < 1.29 is 4.79 Å². The van der Waals surface area contributed by atoms with Crippen LogP contribution >= 0.6 is 11.3 Å². The normalized spacial score (nSPS) is 10.3. The lowest BCUT2D eigenvalue weighted by Crippen LogP contribution is -2.14. The second kappa shape index (κ2) is 5.78. The standard InChI is InChI=1S/C14H16N2OS/c1-3-11-9-18-14(16-11)8-13(17)15-12-6-4-10(2)5-7-12/h4-7,9H,3,8H2,1-2H3,(H,15,17). The molecule has 0 spiro atoms. The van der Waals surface area contributed by atoms with E-state index in [0.717, 1.165) is 22.8 Å². The maximum Gasteiger partial charge on any atom is 0.231 e. The number of nitrogens with one attached hydrogen (secondary N) is 1. The first-order chi connectivity index (χ1) is 8.67. The molecule has 0 aliphatic heterocycles. The predicted molar refractivity (Wildman–Crippen MR) is 75.0 cm³/mol. The number of thiazole rings is 1. The van der Waals surface area contributed by atoms with Crippen molar-refractivity contribution in [2.75, 3.05) is 5.32 Å². The average molecular weight is 260 g/mol. The van der Waals surface area contributed by atoms with Crippen molar-refractivity contribution in [2.45, 2.75) is 26.7 Å². The van der Waals surface area contributed by atoms with Gasteiger partial charge < -0.3 is 5.32 Å². The third-order valence-electron chi connectivity index (χ3n) is 2.61. The zero-order valence-electron chi connectivity index (χ0n) is 10.6. The Morgan fingerprint density at radius 2 is 2.06 bits per heavy atom. The lowest BCUT2D eigenvalue weighted by Gasteiger charge is -2.03. The molecule has 0 fully saturated rings. The SMILES string of the molecule is CCc1csc(CC(=O)Nc2ccc(C)cc2)n1. The van der Waals surface area contributed by atoms with Gasteiger partial charge >= 0.3 is 0 Å². The number of benzene rings is 1. The Labute approximate surface area is 111 Å². The fraction of sp³-hybridized carbons (Fsp3) is 0.286. The van der Waals surface area contributed by atoms with E-state index in [1.807, 2.05) is 36.6 Å². The van der Waals surface area contributed by atoms with Gasteiger partial charge in [0.1, 0.15) is 5.01 Å². The number of amides is 1. The van der Waals surface area contributed by atoms with Gasteiger partial charge in [-0.05, 0) is 25.5 Å². The summed E-state index contributed by atoms with van der Waals surface area (Å²) in [5.74, 6) is -0.0177. The van der Waals surface area contributed by atoms with Crippen LogP contribution in [0.4, 0.5) is 5.69 Å². The van der Waals surface area contributed by atoms with Crippen LogP contribution in [0.25, 0.3) is 0 Å². The van der Waals surface area contributed by atoms with E-state index in [4.69, 9.17) is 0 Å². The summed E-state index contributed by atoms with van der Waals surface area (Å²) in [6, 6.07) is 7.78. The van der Waals surface area contributed by atoms with Crippen LogP contribution in [0.15, 0.2) is 29.6 Å². The van der Waals surface area contributed by atoms with Crippen LogP contribution in [-0.2, 0) is 17.6 Å². The summed E-state index contributed by atoms with van der Waals surface area (Å²) in [7, 11) is 0. The van der Waals surface area contributed by atoms with Crippen LogP contribution in [0.1, 0.15) is 23.2 Å². The van der Waals surface area contributed by atoms with Crippen molar-refractivity contribution >= 4 is 22.9 Å². The molecule has 1 aromatic heterocycles. The van der Waals surface area contributed by atoms with E-state index in [1.165, 1.54) is 5.56 Å². The molecule has 4 heteroatoms. The van der Waals surface area contributed by atoms with Crippen LogP contribution in [0.5, 0.6) is 0 Å². The molecule has 0 saturated heterocycles. The highest BCUT2D eigenvalue weighted by Gasteiger charge is 2.07. The molecule has 1 amide bonds. The zero-order valence-corrected chi connectivity index (χ0v) is 11.4. The molecular weight excluding hydrogens is 244 g/mol. The van der Waals surface area contributed by atoms with Gasteiger partial charge in [-0.3, -0.25) is 4.79 Å². The van der Waals surface area contributed by atoms with Gasteiger partial charge in [-0.1, -0.05) is 24.6 Å². The third-order valence-corrected chi connectivity index (χ3v) is 3.51.